The molecule has 0 saturated heterocycles. The van der Waals surface area contributed by atoms with Gasteiger partial charge in [0.05, 0.1) is 26.0 Å². The zero-order chi connectivity index (χ0) is 20.7. The first-order valence-corrected chi connectivity index (χ1v) is 10.0. The highest BCUT2D eigenvalue weighted by molar-refractivity contribution is 5.83. The lowest BCUT2D eigenvalue weighted by atomic mass is 9.70. The lowest BCUT2D eigenvalue weighted by Crippen LogP contribution is -2.39. The minimum absolute atomic E-state index is 0.184. The fraction of sp³-hybridized carbons (Fsp3) is 0.500. The molecule has 0 unspecified atom stereocenters. The van der Waals surface area contributed by atoms with Gasteiger partial charge in [0.1, 0.15) is 0 Å². The van der Waals surface area contributed by atoms with E-state index >= 15 is 0 Å². The van der Waals surface area contributed by atoms with Crippen LogP contribution in [-0.2, 0) is 9.53 Å². The van der Waals surface area contributed by atoms with E-state index in [2.05, 4.69) is 60.6 Å². The second-order valence-corrected chi connectivity index (χ2v) is 8.31. The van der Waals surface area contributed by atoms with Crippen LogP contribution in [0.5, 0.6) is 0 Å². The van der Waals surface area contributed by atoms with Gasteiger partial charge >= 0.3 is 5.97 Å². The third-order valence-electron chi connectivity index (χ3n) is 5.59. The van der Waals surface area contributed by atoms with Gasteiger partial charge in [-0.25, -0.2) is 4.79 Å². The molecule has 28 heavy (non-hydrogen) atoms. The SMILES string of the molecule is COC(=O)/C=C(C)/C=C/C=C(C)/C=C/C1=C(C)[C@@H](N2C=NCC2)CCC1(C)C. The van der Waals surface area contributed by atoms with Crippen LogP contribution in [0.3, 0.4) is 0 Å². The van der Waals surface area contributed by atoms with Gasteiger partial charge in [0, 0.05) is 12.6 Å². The van der Waals surface area contributed by atoms with Gasteiger partial charge in [-0.05, 0) is 55.7 Å². The first-order chi connectivity index (χ1) is 13.2. The topological polar surface area (TPSA) is 41.9 Å². The maximum Gasteiger partial charge on any atom is 0.330 e. The van der Waals surface area contributed by atoms with Crippen LogP contribution in [0.1, 0.15) is 47.5 Å². The molecule has 4 nitrogen and oxygen atoms in total. The van der Waals surface area contributed by atoms with Crippen molar-refractivity contribution in [3.05, 3.63) is 58.7 Å². The predicted molar refractivity (Wildman–Crippen MR) is 117 cm³/mol. The molecule has 0 amide bonds. The van der Waals surface area contributed by atoms with Crippen LogP contribution in [0.2, 0.25) is 0 Å². The molecule has 0 aromatic heterocycles. The molecule has 1 atom stereocenters. The number of rotatable bonds is 6. The normalized spacial score (nSPS) is 23.4. The lowest BCUT2D eigenvalue weighted by Gasteiger charge is -2.40. The molecule has 0 N–H and O–H groups in total. The molecular weight excluding hydrogens is 348 g/mol. The number of esters is 1. The van der Waals surface area contributed by atoms with Gasteiger partial charge in [-0.1, -0.05) is 49.8 Å². The second-order valence-electron chi connectivity index (χ2n) is 8.31. The number of carbonyl (C=O) groups is 1. The van der Waals surface area contributed by atoms with Crippen LogP contribution in [0.4, 0.5) is 0 Å². The van der Waals surface area contributed by atoms with E-state index in [1.54, 1.807) is 0 Å². The van der Waals surface area contributed by atoms with Crippen molar-refractivity contribution in [3.63, 3.8) is 0 Å². The summed E-state index contributed by atoms with van der Waals surface area (Å²) in [7, 11) is 1.38. The van der Waals surface area contributed by atoms with E-state index in [9.17, 15) is 4.79 Å². The number of methoxy groups -OCH3 is 1. The van der Waals surface area contributed by atoms with Crippen LogP contribution < -0.4 is 0 Å². The second kappa shape index (κ2) is 9.72. The highest BCUT2D eigenvalue weighted by Crippen LogP contribution is 2.42. The summed E-state index contributed by atoms with van der Waals surface area (Å²) >= 11 is 0. The molecule has 0 spiro atoms. The quantitative estimate of drug-likeness (QED) is 0.368. The molecule has 0 aromatic rings. The van der Waals surface area contributed by atoms with Gasteiger partial charge in [0.2, 0.25) is 0 Å². The van der Waals surface area contributed by atoms with Gasteiger partial charge in [0.15, 0.2) is 0 Å². The Morgan fingerprint density at radius 3 is 2.68 bits per heavy atom. The number of ether oxygens (including phenoxy) is 1. The zero-order valence-electron chi connectivity index (χ0n) is 18.2. The van der Waals surface area contributed by atoms with Crippen molar-refractivity contribution in [1.82, 2.24) is 4.90 Å². The highest BCUT2D eigenvalue weighted by atomic mass is 16.5. The first kappa shape index (κ1) is 21.9. The first-order valence-electron chi connectivity index (χ1n) is 10.0. The summed E-state index contributed by atoms with van der Waals surface area (Å²) in [5, 5.41) is 0. The van der Waals surface area contributed by atoms with Crippen molar-refractivity contribution < 1.29 is 9.53 Å². The Kier molecular flexibility index (Phi) is 7.61. The number of aliphatic imine (C=N–C) groups is 1. The van der Waals surface area contributed by atoms with E-state index in [1.807, 2.05) is 25.4 Å². The van der Waals surface area contributed by atoms with E-state index in [1.165, 1.54) is 42.7 Å². The van der Waals surface area contributed by atoms with Gasteiger partial charge < -0.3 is 9.64 Å². The molecule has 0 bridgehead atoms. The maximum atomic E-state index is 11.2. The van der Waals surface area contributed by atoms with Gasteiger partial charge in [-0.3, -0.25) is 4.99 Å². The summed E-state index contributed by atoms with van der Waals surface area (Å²) in [5.41, 5.74) is 5.11. The molecule has 1 heterocycles. The molecule has 4 heteroatoms. The molecule has 0 fully saturated rings. The Labute approximate surface area is 170 Å². The van der Waals surface area contributed by atoms with Crippen LogP contribution in [0, 0.1) is 5.41 Å². The number of carbonyl (C=O) groups excluding carboxylic acids is 1. The Bertz CT molecular complexity index is 763. The van der Waals surface area contributed by atoms with E-state index in [0.29, 0.717) is 6.04 Å². The molecule has 1 aliphatic heterocycles. The molecule has 1 aliphatic carbocycles. The fourth-order valence-electron chi connectivity index (χ4n) is 3.88. The van der Waals surface area contributed by atoms with Crippen LogP contribution in [0.25, 0.3) is 0 Å². The standard InChI is InChI=1S/C24H34N2O2/c1-18(8-7-9-19(2)16-23(27)28-6)10-11-21-20(3)22(12-13-24(21,4)5)26-15-14-25-17-26/h7-11,16-17,22H,12-15H2,1-6H3/b9-7+,11-10+,18-8+,19-16+/t22-/m0/s1. The number of allylic oxidation sites excluding steroid dienone is 8. The minimum Gasteiger partial charge on any atom is -0.466 e. The third kappa shape index (κ3) is 5.82. The monoisotopic (exact) mass is 382 g/mol. The maximum absolute atomic E-state index is 11.2. The van der Waals surface area contributed by atoms with Crippen molar-refractivity contribution in [2.24, 2.45) is 10.4 Å². The summed E-state index contributed by atoms with van der Waals surface area (Å²) < 4.78 is 4.64. The highest BCUT2D eigenvalue weighted by Gasteiger charge is 2.34. The molecule has 0 radical (unpaired) electrons. The van der Waals surface area contributed by atoms with Crippen LogP contribution in [0.15, 0.2) is 63.7 Å². The Morgan fingerprint density at radius 2 is 2.04 bits per heavy atom. The molecule has 0 saturated carbocycles. The van der Waals surface area contributed by atoms with E-state index < -0.39 is 0 Å². The van der Waals surface area contributed by atoms with Gasteiger partial charge in [0.25, 0.3) is 0 Å². The molecular formula is C24H34N2O2. The minimum atomic E-state index is -0.331. The van der Waals surface area contributed by atoms with Crippen molar-refractivity contribution in [2.75, 3.05) is 20.2 Å². The number of hydrogen-bond donors (Lipinski definition) is 0. The van der Waals surface area contributed by atoms with Gasteiger partial charge in [-0.15, -0.1) is 0 Å². The number of hydrogen-bond acceptors (Lipinski definition) is 4. The Hall–Kier alpha value is -2.36. The smallest absolute Gasteiger partial charge is 0.330 e. The van der Waals surface area contributed by atoms with Crippen molar-refractivity contribution >= 4 is 12.3 Å². The van der Waals surface area contributed by atoms with Crippen LogP contribution >= 0.6 is 0 Å². The third-order valence-corrected chi connectivity index (χ3v) is 5.59. The average Bonchev–Trinajstić information content (AvgIpc) is 3.15. The largest absolute Gasteiger partial charge is 0.466 e. The Morgan fingerprint density at radius 1 is 1.29 bits per heavy atom. The van der Waals surface area contributed by atoms with Gasteiger partial charge in [-0.2, -0.15) is 0 Å². The summed E-state index contributed by atoms with van der Waals surface area (Å²) in [6, 6.07) is 0.467. The molecule has 0 aromatic carbocycles. The van der Waals surface area contributed by atoms with E-state index in [0.717, 1.165) is 18.7 Å². The molecule has 2 aliphatic rings. The summed E-state index contributed by atoms with van der Waals surface area (Å²) in [6.45, 7) is 12.9. The van der Waals surface area contributed by atoms with E-state index in [-0.39, 0.29) is 11.4 Å². The molecule has 152 valence electrons. The summed E-state index contributed by atoms with van der Waals surface area (Å²) in [5.74, 6) is -0.331. The van der Waals surface area contributed by atoms with E-state index in [4.69, 9.17) is 0 Å². The van der Waals surface area contributed by atoms with Crippen molar-refractivity contribution in [2.45, 2.75) is 53.5 Å². The lowest BCUT2D eigenvalue weighted by molar-refractivity contribution is -0.134. The molecule has 2 rings (SSSR count). The zero-order valence-corrected chi connectivity index (χ0v) is 18.2. The van der Waals surface area contributed by atoms with Crippen molar-refractivity contribution in [1.29, 1.82) is 0 Å². The predicted octanol–water partition coefficient (Wildman–Crippen LogP) is 5.01. The van der Waals surface area contributed by atoms with Crippen molar-refractivity contribution in [3.8, 4) is 0 Å². The number of nitrogens with zero attached hydrogens (tertiary/aromatic N) is 2. The fourth-order valence-corrected chi connectivity index (χ4v) is 3.88. The van der Waals surface area contributed by atoms with Crippen LogP contribution in [-0.4, -0.2) is 43.4 Å². The summed E-state index contributed by atoms with van der Waals surface area (Å²) in [6.07, 6.45) is 16.3. The Balaban J connectivity index is 2.14. The average molecular weight is 383 g/mol. The summed E-state index contributed by atoms with van der Waals surface area (Å²) in [4.78, 5) is 18.0.